The third kappa shape index (κ3) is 4.01. The fourth-order valence-corrected chi connectivity index (χ4v) is 4.15. The molecule has 0 radical (unpaired) electrons. The largest absolute Gasteiger partial charge is 0.508 e. The number of carbonyl (C=O) groups is 1. The van der Waals surface area contributed by atoms with E-state index in [0.717, 1.165) is 24.3 Å². The van der Waals surface area contributed by atoms with Crippen LogP contribution in [0.3, 0.4) is 0 Å². The number of carbonyl (C=O) groups excluding carboxylic acids is 1. The molecule has 0 atom stereocenters. The maximum Gasteiger partial charge on any atom is 0.269 e. The molecule has 0 unspecified atom stereocenters. The molecule has 3 rings (SSSR count). The van der Waals surface area contributed by atoms with Crippen LogP contribution in [0.2, 0.25) is 0 Å². The van der Waals surface area contributed by atoms with E-state index in [0.29, 0.717) is 0 Å². The van der Waals surface area contributed by atoms with Crippen molar-refractivity contribution in [3.05, 3.63) is 82.4 Å². The fourth-order valence-electron chi connectivity index (χ4n) is 2.67. The molecule has 0 spiro atoms. The summed E-state index contributed by atoms with van der Waals surface area (Å²) >= 11 is 0. The SMILES string of the molecule is Nc1cccc(S(=O)(=O)c2ccc([N+](=O)[O-])cc2)c1C(=O)Nc1cccc(O)c1. The Hall–Kier alpha value is -3.92. The van der Waals surface area contributed by atoms with Gasteiger partial charge in [0, 0.05) is 29.6 Å². The Kier molecular flexibility index (Phi) is 5.20. The van der Waals surface area contributed by atoms with Gasteiger partial charge in [0.15, 0.2) is 0 Å². The predicted octanol–water partition coefficient (Wildman–Crippen LogP) is 2.97. The lowest BCUT2D eigenvalue weighted by molar-refractivity contribution is -0.384. The Morgan fingerprint density at radius 1 is 1.03 bits per heavy atom. The topological polar surface area (TPSA) is 153 Å². The number of aromatic hydroxyl groups is 1. The normalized spacial score (nSPS) is 11.0. The molecule has 0 fully saturated rings. The molecular weight excluding hydrogens is 398 g/mol. The zero-order valence-electron chi connectivity index (χ0n) is 14.8. The molecule has 3 aromatic rings. The summed E-state index contributed by atoms with van der Waals surface area (Å²) in [7, 11) is -4.19. The lowest BCUT2D eigenvalue weighted by Gasteiger charge is -2.13. The van der Waals surface area contributed by atoms with Gasteiger partial charge in [-0.2, -0.15) is 0 Å². The number of nitrogen functional groups attached to an aromatic ring is 1. The van der Waals surface area contributed by atoms with Crippen LogP contribution < -0.4 is 11.1 Å². The number of amides is 1. The number of benzene rings is 3. The zero-order chi connectivity index (χ0) is 21.2. The first-order valence-corrected chi connectivity index (χ1v) is 9.67. The average Bonchev–Trinajstić information content (AvgIpc) is 2.67. The van der Waals surface area contributed by atoms with Gasteiger partial charge in [-0.25, -0.2) is 8.42 Å². The minimum atomic E-state index is -4.19. The number of nitrogens with two attached hydrogens (primary N) is 1. The van der Waals surface area contributed by atoms with Crippen LogP contribution in [0.5, 0.6) is 5.75 Å². The second kappa shape index (κ2) is 7.60. The highest BCUT2D eigenvalue weighted by Crippen LogP contribution is 2.29. The molecule has 148 valence electrons. The molecule has 1 amide bonds. The summed E-state index contributed by atoms with van der Waals surface area (Å²) in [5.74, 6) is -0.864. The summed E-state index contributed by atoms with van der Waals surface area (Å²) in [6.07, 6.45) is 0. The molecule has 29 heavy (non-hydrogen) atoms. The van der Waals surface area contributed by atoms with E-state index in [1.54, 1.807) is 0 Å². The van der Waals surface area contributed by atoms with E-state index < -0.39 is 20.7 Å². The second-order valence-electron chi connectivity index (χ2n) is 5.98. The van der Waals surface area contributed by atoms with Crippen molar-refractivity contribution in [1.29, 1.82) is 0 Å². The van der Waals surface area contributed by atoms with Gasteiger partial charge < -0.3 is 16.2 Å². The number of hydrogen-bond donors (Lipinski definition) is 3. The van der Waals surface area contributed by atoms with Gasteiger partial charge in [0.1, 0.15) is 5.75 Å². The van der Waals surface area contributed by atoms with Crippen LogP contribution in [-0.2, 0) is 9.84 Å². The van der Waals surface area contributed by atoms with Crippen LogP contribution in [0.15, 0.2) is 76.5 Å². The molecule has 3 aromatic carbocycles. The van der Waals surface area contributed by atoms with E-state index in [9.17, 15) is 28.4 Å². The quantitative estimate of drug-likeness (QED) is 0.330. The van der Waals surface area contributed by atoms with Gasteiger partial charge in [0.25, 0.3) is 11.6 Å². The van der Waals surface area contributed by atoms with E-state index >= 15 is 0 Å². The third-order valence-electron chi connectivity index (χ3n) is 4.04. The Morgan fingerprint density at radius 3 is 2.31 bits per heavy atom. The molecule has 10 heteroatoms. The maximum absolute atomic E-state index is 13.1. The van der Waals surface area contributed by atoms with Gasteiger partial charge in [-0.3, -0.25) is 14.9 Å². The Morgan fingerprint density at radius 2 is 1.69 bits per heavy atom. The van der Waals surface area contributed by atoms with E-state index in [-0.39, 0.29) is 38.2 Å². The van der Waals surface area contributed by atoms with Crippen molar-refractivity contribution in [2.45, 2.75) is 9.79 Å². The number of nitro benzene ring substituents is 1. The first kappa shape index (κ1) is 19.8. The number of phenolic OH excluding ortho intramolecular Hbond substituents is 1. The molecular formula is C19H15N3O6S. The number of anilines is 2. The molecule has 9 nitrogen and oxygen atoms in total. The Bertz CT molecular complexity index is 1210. The van der Waals surface area contributed by atoms with E-state index in [1.807, 2.05) is 0 Å². The fraction of sp³-hybridized carbons (Fsp3) is 0. The average molecular weight is 413 g/mol. The summed E-state index contributed by atoms with van der Waals surface area (Å²) in [5.41, 5.74) is 5.53. The van der Waals surface area contributed by atoms with Crippen molar-refractivity contribution in [3.63, 3.8) is 0 Å². The van der Waals surface area contributed by atoms with E-state index in [1.165, 1.54) is 42.5 Å². The van der Waals surface area contributed by atoms with E-state index in [2.05, 4.69) is 5.32 Å². The lowest BCUT2D eigenvalue weighted by atomic mass is 10.1. The number of nitrogens with zero attached hydrogens (tertiary/aromatic N) is 1. The number of phenols is 1. The van der Waals surface area contributed by atoms with Crippen molar-refractivity contribution in [3.8, 4) is 5.75 Å². The first-order chi connectivity index (χ1) is 13.7. The molecule has 0 bridgehead atoms. The summed E-state index contributed by atoms with van der Waals surface area (Å²) in [4.78, 5) is 22.3. The Balaban J connectivity index is 2.05. The molecule has 0 saturated heterocycles. The minimum Gasteiger partial charge on any atom is -0.508 e. The summed E-state index contributed by atoms with van der Waals surface area (Å²) in [6, 6.07) is 14.0. The highest BCUT2D eigenvalue weighted by molar-refractivity contribution is 7.91. The monoisotopic (exact) mass is 413 g/mol. The smallest absolute Gasteiger partial charge is 0.269 e. The lowest BCUT2D eigenvalue weighted by Crippen LogP contribution is -2.18. The highest BCUT2D eigenvalue weighted by Gasteiger charge is 2.27. The first-order valence-electron chi connectivity index (χ1n) is 8.18. The van der Waals surface area contributed by atoms with Crippen LogP contribution in [0.4, 0.5) is 17.1 Å². The van der Waals surface area contributed by atoms with Gasteiger partial charge in [0.2, 0.25) is 9.84 Å². The number of nitrogens with one attached hydrogen (secondary N) is 1. The standard InChI is InChI=1S/C19H15N3O6S/c20-16-5-2-6-17(18(16)19(24)21-12-3-1-4-14(23)11-12)29(27,28)15-9-7-13(8-10-15)22(25)26/h1-11,23H,20H2,(H,21,24). The molecule has 0 saturated carbocycles. The number of non-ortho nitro benzene ring substituents is 1. The third-order valence-corrected chi connectivity index (χ3v) is 5.85. The number of nitro groups is 1. The molecule has 4 N–H and O–H groups in total. The maximum atomic E-state index is 13.1. The highest BCUT2D eigenvalue weighted by atomic mass is 32.2. The molecule has 0 aromatic heterocycles. The van der Waals surface area contributed by atoms with Gasteiger partial charge >= 0.3 is 0 Å². The second-order valence-corrected chi connectivity index (χ2v) is 7.90. The van der Waals surface area contributed by atoms with Crippen LogP contribution in [0.25, 0.3) is 0 Å². The van der Waals surface area contributed by atoms with Crippen LogP contribution >= 0.6 is 0 Å². The van der Waals surface area contributed by atoms with Gasteiger partial charge in [-0.15, -0.1) is 0 Å². The number of hydrogen-bond acceptors (Lipinski definition) is 7. The van der Waals surface area contributed by atoms with Crippen molar-refractivity contribution >= 4 is 32.8 Å². The van der Waals surface area contributed by atoms with Crippen molar-refractivity contribution in [1.82, 2.24) is 0 Å². The predicted molar refractivity (Wildman–Crippen MR) is 105 cm³/mol. The van der Waals surface area contributed by atoms with Crippen molar-refractivity contribution in [2.24, 2.45) is 0 Å². The van der Waals surface area contributed by atoms with E-state index in [4.69, 9.17) is 5.73 Å². The van der Waals surface area contributed by atoms with Crippen LogP contribution in [-0.4, -0.2) is 24.4 Å². The van der Waals surface area contributed by atoms with Gasteiger partial charge in [-0.05, 0) is 36.4 Å². The van der Waals surface area contributed by atoms with Crippen molar-refractivity contribution < 1.29 is 23.2 Å². The number of rotatable bonds is 5. The minimum absolute atomic E-state index is 0.0642. The summed E-state index contributed by atoms with van der Waals surface area (Å²) in [6.45, 7) is 0. The summed E-state index contributed by atoms with van der Waals surface area (Å²) in [5, 5.41) is 22.8. The van der Waals surface area contributed by atoms with Gasteiger partial charge in [-0.1, -0.05) is 12.1 Å². The Labute approximate surface area is 165 Å². The van der Waals surface area contributed by atoms with Crippen molar-refractivity contribution in [2.75, 3.05) is 11.1 Å². The molecule has 0 heterocycles. The molecule has 0 aliphatic carbocycles. The van der Waals surface area contributed by atoms with Crippen LogP contribution in [0, 0.1) is 10.1 Å². The molecule has 0 aliphatic heterocycles. The van der Waals surface area contributed by atoms with Gasteiger partial charge in [0.05, 0.1) is 20.3 Å². The summed E-state index contributed by atoms with van der Waals surface area (Å²) < 4.78 is 26.1. The zero-order valence-corrected chi connectivity index (χ0v) is 15.6. The van der Waals surface area contributed by atoms with Crippen LogP contribution in [0.1, 0.15) is 10.4 Å². The molecule has 0 aliphatic rings. The number of sulfone groups is 1.